The molecule has 0 saturated heterocycles. The zero-order chi connectivity index (χ0) is 13.1. The fourth-order valence-corrected chi connectivity index (χ4v) is 1.54. The first kappa shape index (κ1) is 12.5. The van der Waals surface area contributed by atoms with E-state index in [1.807, 2.05) is 0 Å². The molecule has 0 atom stereocenters. The summed E-state index contributed by atoms with van der Waals surface area (Å²) in [5.41, 5.74) is 5.63. The number of nitrogens with one attached hydrogen (secondary N) is 1. The molecular weight excluding hydrogens is 301 g/mol. The van der Waals surface area contributed by atoms with Crippen molar-refractivity contribution in [2.24, 2.45) is 5.73 Å². The molecule has 2 aromatic rings. The Morgan fingerprint density at radius 3 is 2.67 bits per heavy atom. The van der Waals surface area contributed by atoms with Crippen LogP contribution in [0.5, 0.6) is 11.5 Å². The molecule has 0 aliphatic rings. The second kappa shape index (κ2) is 5.14. The van der Waals surface area contributed by atoms with Crippen LogP contribution >= 0.6 is 15.9 Å². The summed E-state index contributed by atoms with van der Waals surface area (Å²) in [6.07, 6.45) is 1.47. The quantitative estimate of drug-likeness (QED) is 0.676. The van der Waals surface area contributed by atoms with E-state index in [9.17, 15) is 4.39 Å². The van der Waals surface area contributed by atoms with Gasteiger partial charge in [0.2, 0.25) is 0 Å². The summed E-state index contributed by atoms with van der Waals surface area (Å²) in [5.74, 6) is 0.240. The monoisotopic (exact) mass is 309 g/mol. The fourth-order valence-electron chi connectivity index (χ4n) is 1.30. The summed E-state index contributed by atoms with van der Waals surface area (Å²) in [6.45, 7) is 0. The number of amidine groups is 1. The van der Waals surface area contributed by atoms with Gasteiger partial charge in [-0.3, -0.25) is 10.4 Å². The molecule has 2 rings (SSSR count). The molecular formula is C12H9BrFN3O. The molecule has 0 spiro atoms. The topological polar surface area (TPSA) is 72.0 Å². The molecule has 0 aliphatic carbocycles. The van der Waals surface area contributed by atoms with E-state index in [0.717, 1.165) is 0 Å². The molecule has 18 heavy (non-hydrogen) atoms. The molecule has 4 nitrogen and oxygen atoms in total. The minimum Gasteiger partial charge on any atom is -0.457 e. The molecule has 1 aromatic carbocycles. The van der Waals surface area contributed by atoms with Gasteiger partial charge in [-0.15, -0.1) is 0 Å². The van der Waals surface area contributed by atoms with E-state index in [0.29, 0.717) is 21.7 Å². The van der Waals surface area contributed by atoms with E-state index >= 15 is 0 Å². The van der Waals surface area contributed by atoms with Gasteiger partial charge in [-0.1, -0.05) is 0 Å². The van der Waals surface area contributed by atoms with Gasteiger partial charge in [-0.2, -0.15) is 0 Å². The average Bonchev–Trinajstić information content (AvgIpc) is 2.34. The number of hydrogen-bond donors (Lipinski definition) is 2. The second-order valence-corrected chi connectivity index (χ2v) is 4.32. The molecule has 1 aromatic heterocycles. The Morgan fingerprint density at radius 2 is 2.00 bits per heavy atom. The number of nitrogens with zero attached hydrogens (tertiary/aromatic N) is 1. The summed E-state index contributed by atoms with van der Waals surface area (Å²) < 4.78 is 19.1. The lowest BCUT2D eigenvalue weighted by Crippen LogP contribution is -2.12. The molecule has 0 amide bonds. The van der Waals surface area contributed by atoms with E-state index in [1.54, 1.807) is 18.2 Å². The van der Waals surface area contributed by atoms with Gasteiger partial charge in [0.25, 0.3) is 0 Å². The van der Waals surface area contributed by atoms with Gasteiger partial charge < -0.3 is 10.5 Å². The smallest absolute Gasteiger partial charge is 0.141 e. The lowest BCUT2D eigenvalue weighted by atomic mass is 10.3. The predicted octanol–water partition coefficient (Wildman–Crippen LogP) is 3.06. The van der Waals surface area contributed by atoms with Crippen LogP contribution in [0.3, 0.4) is 0 Å². The third-order valence-corrected chi connectivity index (χ3v) is 2.78. The van der Waals surface area contributed by atoms with Gasteiger partial charge in [0.1, 0.15) is 28.8 Å². The molecule has 6 heteroatoms. The zero-order valence-electron chi connectivity index (χ0n) is 9.15. The van der Waals surface area contributed by atoms with Crippen molar-refractivity contribution < 1.29 is 9.13 Å². The van der Waals surface area contributed by atoms with Crippen molar-refractivity contribution in [1.82, 2.24) is 4.98 Å². The van der Waals surface area contributed by atoms with Crippen molar-refractivity contribution in [2.75, 3.05) is 0 Å². The van der Waals surface area contributed by atoms with Crippen LogP contribution in [0.15, 0.2) is 41.0 Å². The Kier molecular flexibility index (Phi) is 3.57. The van der Waals surface area contributed by atoms with Gasteiger partial charge >= 0.3 is 0 Å². The molecule has 1 heterocycles. The summed E-state index contributed by atoms with van der Waals surface area (Å²) in [7, 11) is 0. The van der Waals surface area contributed by atoms with Crippen LogP contribution in [-0.4, -0.2) is 10.8 Å². The molecule has 0 radical (unpaired) electrons. The van der Waals surface area contributed by atoms with Crippen molar-refractivity contribution in [3.8, 4) is 11.5 Å². The standard InChI is InChI=1S/C12H9BrFN3O/c13-9-2-1-7(5-10(9)14)18-8-3-4-17-11(6-8)12(15)16/h1-6H,(H3,15,16). The van der Waals surface area contributed by atoms with E-state index in [1.165, 1.54) is 18.3 Å². The molecule has 0 fully saturated rings. The number of benzene rings is 1. The molecule has 0 bridgehead atoms. The molecule has 3 N–H and O–H groups in total. The van der Waals surface area contributed by atoms with Crippen LogP contribution in [0.2, 0.25) is 0 Å². The van der Waals surface area contributed by atoms with Crippen LogP contribution in [0.4, 0.5) is 4.39 Å². The van der Waals surface area contributed by atoms with Crippen LogP contribution in [-0.2, 0) is 0 Å². The van der Waals surface area contributed by atoms with E-state index in [2.05, 4.69) is 20.9 Å². The number of halogens is 2. The predicted molar refractivity (Wildman–Crippen MR) is 69.4 cm³/mol. The largest absolute Gasteiger partial charge is 0.457 e. The third kappa shape index (κ3) is 2.84. The first-order valence-electron chi connectivity index (χ1n) is 4.99. The molecule has 0 aliphatic heterocycles. The van der Waals surface area contributed by atoms with Crippen LogP contribution in [0.25, 0.3) is 0 Å². The highest BCUT2D eigenvalue weighted by Gasteiger charge is 2.05. The normalized spacial score (nSPS) is 10.1. The first-order chi connectivity index (χ1) is 8.56. The maximum atomic E-state index is 13.3. The van der Waals surface area contributed by atoms with E-state index in [-0.39, 0.29) is 5.84 Å². The number of ether oxygens (including phenoxy) is 1. The second-order valence-electron chi connectivity index (χ2n) is 3.47. The first-order valence-corrected chi connectivity index (χ1v) is 5.79. The van der Waals surface area contributed by atoms with Crippen molar-refractivity contribution in [2.45, 2.75) is 0 Å². The van der Waals surface area contributed by atoms with Crippen molar-refractivity contribution in [3.05, 3.63) is 52.5 Å². The van der Waals surface area contributed by atoms with Crippen LogP contribution in [0, 0.1) is 11.2 Å². The SMILES string of the molecule is N=C(N)c1cc(Oc2ccc(Br)c(F)c2)ccn1. The minimum absolute atomic E-state index is 0.151. The van der Waals surface area contributed by atoms with Gasteiger partial charge in [-0.25, -0.2) is 4.39 Å². The highest BCUT2D eigenvalue weighted by Crippen LogP contribution is 2.25. The molecule has 0 saturated carbocycles. The zero-order valence-corrected chi connectivity index (χ0v) is 10.7. The lowest BCUT2D eigenvalue weighted by molar-refractivity contribution is 0.475. The lowest BCUT2D eigenvalue weighted by Gasteiger charge is -2.07. The Morgan fingerprint density at radius 1 is 1.28 bits per heavy atom. The van der Waals surface area contributed by atoms with Crippen molar-refractivity contribution in [3.63, 3.8) is 0 Å². The summed E-state index contributed by atoms with van der Waals surface area (Å²) >= 11 is 3.06. The highest BCUT2D eigenvalue weighted by atomic mass is 79.9. The van der Waals surface area contributed by atoms with Crippen LogP contribution < -0.4 is 10.5 Å². The fraction of sp³-hybridized carbons (Fsp3) is 0. The Labute approximate surface area is 111 Å². The number of nitrogens with two attached hydrogens (primary N) is 1. The summed E-state index contributed by atoms with van der Waals surface area (Å²) in [5, 5.41) is 7.27. The number of pyridine rings is 1. The summed E-state index contributed by atoms with van der Waals surface area (Å²) in [4.78, 5) is 3.90. The average molecular weight is 310 g/mol. The highest BCUT2D eigenvalue weighted by molar-refractivity contribution is 9.10. The van der Waals surface area contributed by atoms with Gasteiger partial charge in [0.15, 0.2) is 0 Å². The van der Waals surface area contributed by atoms with E-state index < -0.39 is 5.82 Å². The van der Waals surface area contributed by atoms with Crippen molar-refractivity contribution in [1.29, 1.82) is 5.41 Å². The Hall–Kier alpha value is -1.95. The van der Waals surface area contributed by atoms with Gasteiger partial charge in [-0.05, 0) is 34.1 Å². The maximum Gasteiger partial charge on any atom is 0.141 e. The number of nitrogen functional groups attached to an aromatic ring is 1. The third-order valence-electron chi connectivity index (χ3n) is 2.13. The number of aromatic nitrogens is 1. The van der Waals surface area contributed by atoms with Crippen LogP contribution in [0.1, 0.15) is 5.69 Å². The Bertz CT molecular complexity index is 604. The van der Waals surface area contributed by atoms with E-state index in [4.69, 9.17) is 15.9 Å². The minimum atomic E-state index is -0.409. The maximum absolute atomic E-state index is 13.3. The summed E-state index contributed by atoms with van der Waals surface area (Å²) in [6, 6.07) is 7.56. The van der Waals surface area contributed by atoms with Gasteiger partial charge in [0.05, 0.1) is 4.47 Å². The number of rotatable bonds is 3. The molecule has 92 valence electrons. The van der Waals surface area contributed by atoms with Gasteiger partial charge in [0, 0.05) is 18.3 Å². The van der Waals surface area contributed by atoms with Crippen molar-refractivity contribution >= 4 is 21.8 Å². The molecule has 0 unspecified atom stereocenters. The number of hydrogen-bond acceptors (Lipinski definition) is 3. The Balaban J connectivity index is 2.25.